The van der Waals surface area contributed by atoms with Crippen LogP contribution in [0.5, 0.6) is 11.5 Å². The zero-order chi connectivity index (χ0) is 25.5. The average Bonchev–Trinajstić information content (AvgIpc) is 2.92. The summed E-state index contributed by atoms with van der Waals surface area (Å²) in [5.74, 6) is 0.789. The number of anilines is 1. The Labute approximate surface area is 212 Å². The molecule has 3 aromatic rings. The molecule has 0 heterocycles. The first-order chi connectivity index (χ1) is 17.5. The van der Waals surface area contributed by atoms with E-state index < -0.39 is 0 Å². The lowest BCUT2D eigenvalue weighted by molar-refractivity contribution is 0.0583. The standard InChI is InChI=1S/C29H33N3O4/c1-35-26-17-14-22(18-27(26)36-2)28(33)31-23-15-12-20(13-16-23)19-32(25-11-7-6-10-24(25)30)29(34)21-8-4-3-5-9-21/h3-5,8-9,12-18,24-25H,6-7,10-11,19,30H2,1-2H3,(H,31,33). The molecule has 36 heavy (non-hydrogen) atoms. The molecule has 7 heteroatoms. The van der Waals surface area contributed by atoms with Gasteiger partial charge in [0.2, 0.25) is 0 Å². The van der Waals surface area contributed by atoms with Gasteiger partial charge in [0.05, 0.1) is 14.2 Å². The number of carbonyl (C=O) groups is 2. The van der Waals surface area contributed by atoms with E-state index in [0.29, 0.717) is 34.9 Å². The number of ether oxygens (including phenoxy) is 2. The monoisotopic (exact) mass is 487 g/mol. The Balaban J connectivity index is 1.49. The molecular weight excluding hydrogens is 454 g/mol. The molecule has 1 aliphatic rings. The summed E-state index contributed by atoms with van der Waals surface area (Å²) in [6, 6.07) is 21.9. The summed E-state index contributed by atoms with van der Waals surface area (Å²) >= 11 is 0. The van der Waals surface area contributed by atoms with E-state index in [1.807, 2.05) is 59.5 Å². The summed E-state index contributed by atoms with van der Waals surface area (Å²) in [7, 11) is 3.08. The second kappa shape index (κ2) is 11.7. The minimum absolute atomic E-state index is 0.00381. The van der Waals surface area contributed by atoms with E-state index in [0.717, 1.165) is 31.2 Å². The molecule has 2 atom stereocenters. The van der Waals surface area contributed by atoms with Crippen LogP contribution in [0.15, 0.2) is 72.8 Å². The molecule has 1 fully saturated rings. The summed E-state index contributed by atoms with van der Waals surface area (Å²) < 4.78 is 10.5. The Morgan fingerprint density at radius 2 is 1.58 bits per heavy atom. The van der Waals surface area contributed by atoms with Gasteiger partial charge in [0.1, 0.15) is 0 Å². The summed E-state index contributed by atoms with van der Waals surface area (Å²) in [5, 5.41) is 2.91. The number of benzene rings is 3. The predicted octanol–water partition coefficient (Wildman–Crippen LogP) is 4.87. The number of nitrogens with zero attached hydrogens (tertiary/aromatic N) is 1. The fourth-order valence-corrected chi connectivity index (χ4v) is 4.68. The predicted molar refractivity (Wildman–Crippen MR) is 140 cm³/mol. The molecule has 0 spiro atoms. The third kappa shape index (κ3) is 5.86. The number of nitrogens with two attached hydrogens (primary N) is 1. The molecule has 0 aliphatic heterocycles. The van der Waals surface area contributed by atoms with Gasteiger partial charge < -0.3 is 25.4 Å². The summed E-state index contributed by atoms with van der Waals surface area (Å²) in [6.07, 6.45) is 3.99. The van der Waals surface area contributed by atoms with Crippen LogP contribution in [0.1, 0.15) is 52.0 Å². The zero-order valence-electron chi connectivity index (χ0n) is 20.8. The van der Waals surface area contributed by atoms with E-state index in [4.69, 9.17) is 15.2 Å². The number of rotatable bonds is 8. The van der Waals surface area contributed by atoms with Crippen molar-refractivity contribution < 1.29 is 19.1 Å². The van der Waals surface area contributed by atoms with Gasteiger partial charge in [0.25, 0.3) is 11.8 Å². The fourth-order valence-electron chi connectivity index (χ4n) is 4.68. The van der Waals surface area contributed by atoms with Gasteiger partial charge in [-0.25, -0.2) is 0 Å². The van der Waals surface area contributed by atoms with Gasteiger partial charge in [-0.1, -0.05) is 43.2 Å². The van der Waals surface area contributed by atoms with Crippen LogP contribution >= 0.6 is 0 Å². The van der Waals surface area contributed by atoms with Crippen LogP contribution in [0.2, 0.25) is 0 Å². The molecule has 1 saturated carbocycles. The largest absolute Gasteiger partial charge is 0.493 e. The molecule has 0 saturated heterocycles. The first kappa shape index (κ1) is 25.3. The number of nitrogens with one attached hydrogen (secondary N) is 1. The summed E-state index contributed by atoms with van der Waals surface area (Å²) in [6.45, 7) is 0.454. The smallest absolute Gasteiger partial charge is 0.255 e. The van der Waals surface area contributed by atoms with E-state index in [-0.39, 0.29) is 23.9 Å². The zero-order valence-corrected chi connectivity index (χ0v) is 20.8. The lowest BCUT2D eigenvalue weighted by Gasteiger charge is -2.38. The average molecular weight is 488 g/mol. The molecule has 4 rings (SSSR count). The minimum Gasteiger partial charge on any atom is -0.493 e. The summed E-state index contributed by atoms with van der Waals surface area (Å²) in [4.78, 5) is 28.1. The lowest BCUT2D eigenvalue weighted by Crippen LogP contribution is -2.51. The van der Waals surface area contributed by atoms with Gasteiger partial charge in [-0.2, -0.15) is 0 Å². The van der Waals surface area contributed by atoms with Gasteiger partial charge in [-0.3, -0.25) is 9.59 Å². The van der Waals surface area contributed by atoms with Crippen molar-refractivity contribution in [1.29, 1.82) is 0 Å². The van der Waals surface area contributed by atoms with E-state index in [1.54, 1.807) is 25.3 Å². The van der Waals surface area contributed by atoms with Crippen molar-refractivity contribution in [2.24, 2.45) is 5.73 Å². The van der Waals surface area contributed by atoms with Crippen LogP contribution in [-0.4, -0.2) is 43.0 Å². The van der Waals surface area contributed by atoms with Crippen molar-refractivity contribution in [3.63, 3.8) is 0 Å². The molecular formula is C29H33N3O4. The maximum atomic E-state index is 13.5. The number of hydrogen-bond acceptors (Lipinski definition) is 5. The van der Waals surface area contributed by atoms with Crippen molar-refractivity contribution in [2.45, 2.75) is 44.3 Å². The maximum Gasteiger partial charge on any atom is 0.255 e. The van der Waals surface area contributed by atoms with E-state index in [1.165, 1.54) is 7.11 Å². The van der Waals surface area contributed by atoms with Crippen molar-refractivity contribution in [3.05, 3.63) is 89.5 Å². The Morgan fingerprint density at radius 3 is 2.25 bits per heavy atom. The Kier molecular flexibility index (Phi) is 8.23. The second-order valence-corrected chi connectivity index (χ2v) is 9.04. The van der Waals surface area contributed by atoms with Crippen LogP contribution in [0.25, 0.3) is 0 Å². The lowest BCUT2D eigenvalue weighted by atomic mass is 9.89. The van der Waals surface area contributed by atoms with Crippen LogP contribution in [0.4, 0.5) is 5.69 Å². The van der Waals surface area contributed by atoms with E-state index >= 15 is 0 Å². The highest BCUT2D eigenvalue weighted by Gasteiger charge is 2.31. The molecule has 1 aliphatic carbocycles. The molecule has 7 nitrogen and oxygen atoms in total. The van der Waals surface area contributed by atoms with Crippen LogP contribution in [0, 0.1) is 0 Å². The molecule has 2 unspecified atom stereocenters. The fraction of sp³-hybridized carbons (Fsp3) is 0.310. The minimum atomic E-state index is -0.252. The van der Waals surface area contributed by atoms with Crippen LogP contribution in [0.3, 0.4) is 0 Å². The third-order valence-corrected chi connectivity index (χ3v) is 6.67. The topological polar surface area (TPSA) is 93.9 Å². The van der Waals surface area contributed by atoms with Gasteiger partial charge in [-0.15, -0.1) is 0 Å². The molecule has 0 aromatic heterocycles. The van der Waals surface area contributed by atoms with Gasteiger partial charge in [0.15, 0.2) is 11.5 Å². The molecule has 0 radical (unpaired) electrons. The number of methoxy groups -OCH3 is 2. The Morgan fingerprint density at radius 1 is 0.889 bits per heavy atom. The number of amides is 2. The first-order valence-corrected chi connectivity index (χ1v) is 12.2. The van der Waals surface area contributed by atoms with Crippen molar-refractivity contribution >= 4 is 17.5 Å². The SMILES string of the molecule is COc1ccc(C(=O)Nc2ccc(CN(C(=O)c3ccccc3)C3CCCCC3N)cc2)cc1OC. The highest BCUT2D eigenvalue weighted by atomic mass is 16.5. The quantitative estimate of drug-likeness (QED) is 0.473. The Bertz CT molecular complexity index is 1180. The molecule has 2 amide bonds. The highest BCUT2D eigenvalue weighted by molar-refractivity contribution is 6.04. The molecule has 3 N–H and O–H groups in total. The first-order valence-electron chi connectivity index (χ1n) is 12.2. The molecule has 3 aromatic carbocycles. The van der Waals surface area contributed by atoms with Crippen LogP contribution in [-0.2, 0) is 6.54 Å². The Hall–Kier alpha value is -3.84. The van der Waals surface area contributed by atoms with E-state index in [2.05, 4.69) is 5.32 Å². The maximum absolute atomic E-state index is 13.5. The van der Waals surface area contributed by atoms with Crippen molar-refractivity contribution in [1.82, 2.24) is 4.90 Å². The van der Waals surface area contributed by atoms with Gasteiger partial charge in [-0.05, 0) is 60.9 Å². The van der Waals surface area contributed by atoms with Gasteiger partial charge >= 0.3 is 0 Å². The number of hydrogen-bond donors (Lipinski definition) is 2. The van der Waals surface area contributed by atoms with Crippen molar-refractivity contribution in [3.8, 4) is 11.5 Å². The van der Waals surface area contributed by atoms with E-state index in [9.17, 15) is 9.59 Å². The van der Waals surface area contributed by atoms with Crippen LogP contribution < -0.4 is 20.5 Å². The van der Waals surface area contributed by atoms with Gasteiger partial charge in [0, 0.05) is 35.4 Å². The molecule has 0 bridgehead atoms. The van der Waals surface area contributed by atoms with Crippen molar-refractivity contribution in [2.75, 3.05) is 19.5 Å². The highest BCUT2D eigenvalue weighted by Crippen LogP contribution is 2.28. The molecule has 188 valence electrons. The third-order valence-electron chi connectivity index (χ3n) is 6.67. The normalized spacial score (nSPS) is 17.2. The summed E-state index contributed by atoms with van der Waals surface area (Å²) in [5.41, 5.74) is 9.22. The second-order valence-electron chi connectivity index (χ2n) is 9.04. The number of carbonyl (C=O) groups excluding carboxylic acids is 2.